The zero-order chi connectivity index (χ0) is 37.8. The van der Waals surface area contributed by atoms with Crippen molar-refractivity contribution in [1.82, 2.24) is 19.5 Å². The Morgan fingerprint density at radius 2 is 1.10 bits per heavy atom. The van der Waals surface area contributed by atoms with Crippen molar-refractivity contribution < 1.29 is 11.3 Å². The molecular formula is C45H26N4OS. The quantitative estimate of drug-likeness (QED) is 0.186. The van der Waals surface area contributed by atoms with Crippen molar-refractivity contribution in [1.29, 1.82) is 0 Å². The fraction of sp³-hybridized carbons (Fsp3) is 0. The summed E-state index contributed by atoms with van der Waals surface area (Å²) in [4.78, 5) is 14.6. The molecule has 0 amide bonds. The van der Waals surface area contributed by atoms with Crippen LogP contribution in [-0.2, 0) is 0 Å². The van der Waals surface area contributed by atoms with E-state index in [1.54, 1.807) is 11.3 Å². The Morgan fingerprint density at radius 3 is 1.86 bits per heavy atom. The maximum absolute atomic E-state index is 8.76. The molecule has 4 aromatic heterocycles. The summed E-state index contributed by atoms with van der Waals surface area (Å²) in [6, 6.07) is 40.8. The Bertz CT molecular complexity index is 3380. The van der Waals surface area contributed by atoms with E-state index in [-0.39, 0.29) is 23.5 Å². The standard InChI is InChI=1S/C45H26N4OS/c1-2-11-27(12-3-1)43-46-44(28-22-24-40-35(25-28)32-15-6-9-20-39(32)50-40)48-45(47-43)29-21-23-33-34-16-10-19-38(42(34)51-41(33)26-29)49-36-17-7-4-13-30(36)31-14-5-8-18-37(31)49/h1-26H/i1D,2D,3D,11D,12D. The van der Waals surface area contributed by atoms with Gasteiger partial charge in [0.15, 0.2) is 17.5 Å². The first kappa shape index (κ1) is 23.7. The SMILES string of the molecule is [2H]c1c([2H])c([2H])c(-c2nc(-c3ccc4c(c3)sc3c(-n5c6ccccc6c6ccccc65)cccc34)nc(-c3ccc4oc5ccccc5c4c3)n2)c([2H])c1[2H]. The van der Waals surface area contributed by atoms with E-state index in [4.69, 9.17) is 26.2 Å². The molecular weight excluding hydrogens is 645 g/mol. The lowest BCUT2D eigenvalue weighted by molar-refractivity contribution is 0.669. The van der Waals surface area contributed by atoms with E-state index in [2.05, 4.69) is 83.4 Å². The average Bonchev–Trinajstić information content (AvgIpc) is 3.91. The second kappa shape index (κ2) is 10.9. The number of rotatable bonds is 4. The minimum absolute atomic E-state index is 0.00997. The van der Waals surface area contributed by atoms with E-state index in [1.165, 1.54) is 10.8 Å². The molecule has 0 aliphatic carbocycles. The Kier molecular flexibility index (Phi) is 5.08. The number of para-hydroxylation sites is 3. The summed E-state index contributed by atoms with van der Waals surface area (Å²) in [6.07, 6.45) is 0. The van der Waals surface area contributed by atoms with Crippen LogP contribution >= 0.6 is 11.3 Å². The van der Waals surface area contributed by atoms with Gasteiger partial charge in [-0.25, -0.2) is 15.0 Å². The molecule has 0 unspecified atom stereocenters. The minimum Gasteiger partial charge on any atom is -0.456 e. The highest BCUT2D eigenvalue weighted by molar-refractivity contribution is 7.26. The first-order chi connectivity index (χ1) is 27.3. The molecule has 5 nitrogen and oxygen atoms in total. The van der Waals surface area contributed by atoms with Gasteiger partial charge in [0.25, 0.3) is 0 Å². The average molecular weight is 676 g/mol. The molecule has 238 valence electrons. The van der Waals surface area contributed by atoms with E-state index in [0.717, 1.165) is 53.2 Å². The maximum atomic E-state index is 8.76. The molecule has 0 aliphatic rings. The van der Waals surface area contributed by atoms with E-state index in [1.807, 2.05) is 48.5 Å². The summed E-state index contributed by atoms with van der Waals surface area (Å²) in [5, 5.41) is 6.45. The van der Waals surface area contributed by atoms with Gasteiger partial charge in [0.2, 0.25) is 0 Å². The van der Waals surface area contributed by atoms with Crippen LogP contribution in [0.15, 0.2) is 162 Å². The third-order valence-electron chi connectivity index (χ3n) is 9.55. The van der Waals surface area contributed by atoms with Crippen molar-refractivity contribution in [2.24, 2.45) is 0 Å². The summed E-state index contributed by atoms with van der Waals surface area (Å²) in [5.41, 5.74) is 6.12. The molecule has 0 N–H and O–H groups in total. The molecule has 4 heterocycles. The Morgan fingerprint density at radius 1 is 0.490 bits per heavy atom. The number of benzene rings is 7. The molecule has 0 atom stereocenters. The normalized spacial score (nSPS) is 13.3. The van der Waals surface area contributed by atoms with Crippen LogP contribution in [0.5, 0.6) is 0 Å². The number of thiophene rings is 1. The topological polar surface area (TPSA) is 56.7 Å². The van der Waals surface area contributed by atoms with Gasteiger partial charge in [-0.2, -0.15) is 0 Å². The summed E-state index contributed by atoms with van der Waals surface area (Å²) >= 11 is 1.69. The lowest BCUT2D eigenvalue weighted by Gasteiger charge is -2.09. The molecule has 0 bridgehead atoms. The van der Waals surface area contributed by atoms with Crippen molar-refractivity contribution >= 4 is 75.3 Å². The molecule has 51 heavy (non-hydrogen) atoms. The zero-order valence-electron chi connectivity index (χ0n) is 31.7. The maximum Gasteiger partial charge on any atom is 0.164 e. The highest BCUT2D eigenvalue weighted by atomic mass is 32.1. The van der Waals surface area contributed by atoms with Crippen molar-refractivity contribution in [3.63, 3.8) is 0 Å². The number of fused-ring (bicyclic) bond motifs is 9. The third-order valence-corrected chi connectivity index (χ3v) is 10.7. The number of furan rings is 1. The largest absolute Gasteiger partial charge is 0.456 e. The predicted octanol–water partition coefficient (Wildman–Crippen LogP) is 12.2. The first-order valence-electron chi connectivity index (χ1n) is 19.0. The second-order valence-corrected chi connectivity index (χ2v) is 13.5. The van der Waals surface area contributed by atoms with Crippen LogP contribution in [0.2, 0.25) is 0 Å². The molecule has 0 aliphatic heterocycles. The van der Waals surface area contributed by atoms with Gasteiger partial charge in [-0.3, -0.25) is 0 Å². The highest BCUT2D eigenvalue weighted by Gasteiger charge is 2.18. The van der Waals surface area contributed by atoms with Gasteiger partial charge in [0.05, 0.1) is 28.3 Å². The number of hydrogen-bond donors (Lipinski definition) is 0. The third kappa shape index (κ3) is 4.37. The van der Waals surface area contributed by atoms with Gasteiger partial charge >= 0.3 is 0 Å². The molecule has 0 saturated carbocycles. The number of hydrogen-bond acceptors (Lipinski definition) is 5. The summed E-state index contributed by atoms with van der Waals surface area (Å²) in [5.74, 6) is 0.606. The molecule has 0 saturated heterocycles. The Hall–Kier alpha value is -6.63. The lowest BCUT2D eigenvalue weighted by atomic mass is 10.1. The summed E-state index contributed by atoms with van der Waals surface area (Å²) in [7, 11) is 0. The van der Waals surface area contributed by atoms with Gasteiger partial charge in [0.1, 0.15) is 11.2 Å². The zero-order valence-corrected chi connectivity index (χ0v) is 27.5. The summed E-state index contributed by atoms with van der Waals surface area (Å²) < 4.78 is 53.1. The molecule has 11 aromatic rings. The van der Waals surface area contributed by atoms with E-state index < -0.39 is 18.1 Å². The van der Waals surface area contributed by atoms with Crippen LogP contribution < -0.4 is 0 Å². The Balaban J connectivity index is 1.13. The second-order valence-electron chi connectivity index (χ2n) is 12.5. The van der Waals surface area contributed by atoms with Crippen molar-refractivity contribution in [3.05, 3.63) is 158 Å². The monoisotopic (exact) mass is 675 g/mol. The molecule has 0 spiro atoms. The fourth-order valence-corrected chi connectivity index (χ4v) is 8.50. The molecule has 11 rings (SSSR count). The smallest absolute Gasteiger partial charge is 0.164 e. The predicted molar refractivity (Wildman–Crippen MR) is 211 cm³/mol. The summed E-state index contributed by atoms with van der Waals surface area (Å²) in [6.45, 7) is 0. The van der Waals surface area contributed by atoms with Crippen molar-refractivity contribution in [2.75, 3.05) is 0 Å². The molecule has 6 heteroatoms. The van der Waals surface area contributed by atoms with E-state index >= 15 is 0 Å². The Labute approximate surface area is 302 Å². The van der Waals surface area contributed by atoms with Gasteiger partial charge in [-0.1, -0.05) is 109 Å². The first-order valence-corrected chi connectivity index (χ1v) is 17.3. The fourth-order valence-electron chi connectivity index (χ4n) is 7.25. The van der Waals surface area contributed by atoms with Crippen LogP contribution in [0.1, 0.15) is 6.85 Å². The van der Waals surface area contributed by atoms with Crippen molar-refractivity contribution in [3.8, 4) is 39.9 Å². The van der Waals surface area contributed by atoms with E-state index in [0.29, 0.717) is 28.4 Å². The number of nitrogens with zero attached hydrogens (tertiary/aromatic N) is 4. The van der Waals surface area contributed by atoms with Gasteiger partial charge in [-0.15, -0.1) is 11.3 Å². The number of aromatic nitrogens is 4. The van der Waals surface area contributed by atoms with Crippen LogP contribution in [0.3, 0.4) is 0 Å². The van der Waals surface area contributed by atoms with Gasteiger partial charge in [0, 0.05) is 53.7 Å². The minimum atomic E-state index is -0.481. The van der Waals surface area contributed by atoms with Crippen molar-refractivity contribution in [2.45, 2.75) is 0 Å². The van der Waals surface area contributed by atoms with Crippen LogP contribution in [0, 0.1) is 0 Å². The lowest BCUT2D eigenvalue weighted by Crippen LogP contribution is -2.00. The molecule has 0 radical (unpaired) electrons. The molecule has 0 fully saturated rings. The highest BCUT2D eigenvalue weighted by Crippen LogP contribution is 2.42. The van der Waals surface area contributed by atoms with Crippen LogP contribution in [0.4, 0.5) is 0 Å². The van der Waals surface area contributed by atoms with Gasteiger partial charge < -0.3 is 8.98 Å². The van der Waals surface area contributed by atoms with Crippen LogP contribution in [0.25, 0.3) is 104 Å². The van der Waals surface area contributed by atoms with E-state index in [9.17, 15) is 0 Å². The van der Waals surface area contributed by atoms with Gasteiger partial charge in [-0.05, 0) is 48.5 Å². The molecule has 7 aromatic carbocycles. The van der Waals surface area contributed by atoms with Crippen LogP contribution in [-0.4, -0.2) is 19.5 Å².